The van der Waals surface area contributed by atoms with Gasteiger partial charge in [-0.3, -0.25) is 4.79 Å². The molecular formula is C14H19NO3. The van der Waals surface area contributed by atoms with E-state index in [1.807, 2.05) is 26.0 Å². The first-order valence-electron chi connectivity index (χ1n) is 5.80. The summed E-state index contributed by atoms with van der Waals surface area (Å²) < 4.78 is 4.97. The van der Waals surface area contributed by atoms with Crippen LogP contribution in [-0.4, -0.2) is 17.5 Å². The number of nitrogens with one attached hydrogen (secondary N) is 1. The number of anilines is 1. The molecular weight excluding hydrogens is 230 g/mol. The Kier molecular flexibility index (Phi) is 4.11. The number of esters is 1. The van der Waals surface area contributed by atoms with E-state index in [-0.39, 0.29) is 0 Å². The lowest BCUT2D eigenvalue weighted by Crippen LogP contribution is -2.32. The normalized spacial score (nSPS) is 10.9. The molecule has 0 saturated heterocycles. The highest BCUT2D eigenvalue weighted by atomic mass is 16.6. The Morgan fingerprint density at radius 1 is 1.11 bits per heavy atom. The van der Waals surface area contributed by atoms with Gasteiger partial charge in [0.1, 0.15) is 5.60 Å². The quantitative estimate of drug-likeness (QED) is 0.614. The number of hydrogen-bond donors (Lipinski definition) is 1. The topological polar surface area (TPSA) is 55.4 Å². The van der Waals surface area contributed by atoms with Gasteiger partial charge in [0.2, 0.25) is 0 Å². The van der Waals surface area contributed by atoms with Crippen molar-refractivity contribution in [2.45, 2.75) is 40.2 Å². The van der Waals surface area contributed by atoms with Gasteiger partial charge in [-0.05, 0) is 57.9 Å². The number of carbonyl (C=O) groups excluding carboxylic acids is 2. The fourth-order valence-corrected chi connectivity index (χ4v) is 1.33. The zero-order valence-corrected chi connectivity index (χ0v) is 11.5. The average Bonchev–Trinajstić information content (AvgIpc) is 2.21. The van der Waals surface area contributed by atoms with Gasteiger partial charge in [-0.1, -0.05) is 6.07 Å². The highest BCUT2D eigenvalue weighted by molar-refractivity contribution is 6.37. The molecule has 98 valence electrons. The van der Waals surface area contributed by atoms with Crippen molar-refractivity contribution in [2.24, 2.45) is 0 Å². The Bertz CT molecular complexity index is 472. The van der Waals surface area contributed by atoms with E-state index in [1.54, 1.807) is 26.8 Å². The number of aryl methyl sites for hydroxylation is 2. The van der Waals surface area contributed by atoms with Crippen LogP contribution in [0.5, 0.6) is 0 Å². The molecule has 0 radical (unpaired) electrons. The molecule has 0 aliphatic heterocycles. The molecule has 0 fully saturated rings. The molecule has 0 saturated carbocycles. The van der Waals surface area contributed by atoms with Gasteiger partial charge >= 0.3 is 11.9 Å². The van der Waals surface area contributed by atoms with Crippen LogP contribution >= 0.6 is 0 Å². The molecule has 4 nitrogen and oxygen atoms in total. The molecule has 1 amide bonds. The smallest absolute Gasteiger partial charge is 0.397 e. The molecule has 18 heavy (non-hydrogen) atoms. The summed E-state index contributed by atoms with van der Waals surface area (Å²) in [6, 6.07) is 5.46. The molecule has 1 aromatic carbocycles. The van der Waals surface area contributed by atoms with E-state index in [9.17, 15) is 9.59 Å². The number of hydrogen-bond acceptors (Lipinski definition) is 3. The third-order valence-corrected chi connectivity index (χ3v) is 2.35. The molecule has 4 heteroatoms. The predicted molar refractivity (Wildman–Crippen MR) is 70.4 cm³/mol. The van der Waals surface area contributed by atoms with Crippen LogP contribution in [0.15, 0.2) is 18.2 Å². The molecule has 0 spiro atoms. The van der Waals surface area contributed by atoms with E-state index < -0.39 is 17.5 Å². The monoisotopic (exact) mass is 249 g/mol. The van der Waals surface area contributed by atoms with E-state index >= 15 is 0 Å². The van der Waals surface area contributed by atoms with Crippen LogP contribution in [0.2, 0.25) is 0 Å². The van der Waals surface area contributed by atoms with Crippen molar-refractivity contribution in [1.29, 1.82) is 0 Å². The van der Waals surface area contributed by atoms with Crippen LogP contribution in [0.1, 0.15) is 31.9 Å². The number of amides is 1. The molecule has 1 N–H and O–H groups in total. The van der Waals surface area contributed by atoms with Crippen LogP contribution in [-0.2, 0) is 14.3 Å². The Morgan fingerprint density at radius 2 is 1.72 bits per heavy atom. The van der Waals surface area contributed by atoms with Crippen molar-refractivity contribution in [2.75, 3.05) is 5.32 Å². The van der Waals surface area contributed by atoms with Gasteiger partial charge in [0.25, 0.3) is 0 Å². The standard InChI is InChI=1S/C14H19NO3/c1-9-6-7-11(8-10(9)2)15-12(16)13(17)18-14(3,4)5/h6-8H,1-5H3,(H,15,16). The van der Waals surface area contributed by atoms with E-state index in [2.05, 4.69) is 5.32 Å². The molecule has 0 bridgehead atoms. The maximum absolute atomic E-state index is 11.6. The lowest BCUT2D eigenvalue weighted by Gasteiger charge is -2.18. The van der Waals surface area contributed by atoms with Crippen molar-refractivity contribution in [3.8, 4) is 0 Å². The fraction of sp³-hybridized carbons (Fsp3) is 0.429. The van der Waals surface area contributed by atoms with Crippen molar-refractivity contribution >= 4 is 17.6 Å². The maximum atomic E-state index is 11.6. The molecule has 0 aliphatic rings. The van der Waals surface area contributed by atoms with Gasteiger partial charge in [-0.15, -0.1) is 0 Å². The minimum Gasteiger partial charge on any atom is -0.453 e. The molecule has 0 unspecified atom stereocenters. The molecule has 1 rings (SSSR count). The zero-order valence-electron chi connectivity index (χ0n) is 11.5. The summed E-state index contributed by atoms with van der Waals surface area (Å²) in [5.41, 5.74) is 2.11. The fourth-order valence-electron chi connectivity index (χ4n) is 1.33. The first kappa shape index (κ1) is 14.2. The Hall–Kier alpha value is -1.84. The van der Waals surface area contributed by atoms with Crippen LogP contribution in [0, 0.1) is 13.8 Å². The summed E-state index contributed by atoms with van der Waals surface area (Å²) in [5.74, 6) is -1.63. The third-order valence-electron chi connectivity index (χ3n) is 2.35. The number of carbonyl (C=O) groups is 2. The van der Waals surface area contributed by atoms with Gasteiger partial charge in [0, 0.05) is 5.69 Å². The Morgan fingerprint density at radius 3 is 2.22 bits per heavy atom. The first-order chi connectivity index (χ1) is 8.19. The summed E-state index contributed by atoms with van der Waals surface area (Å²) >= 11 is 0. The van der Waals surface area contributed by atoms with Crippen molar-refractivity contribution in [1.82, 2.24) is 0 Å². The van der Waals surface area contributed by atoms with Crippen molar-refractivity contribution in [3.63, 3.8) is 0 Å². The summed E-state index contributed by atoms with van der Waals surface area (Å²) in [6.07, 6.45) is 0. The SMILES string of the molecule is Cc1ccc(NC(=O)C(=O)OC(C)(C)C)cc1C. The second-order valence-corrected chi connectivity index (χ2v) is 5.26. The molecule has 1 aromatic rings. The lowest BCUT2D eigenvalue weighted by atomic mass is 10.1. The summed E-state index contributed by atoms with van der Waals surface area (Å²) in [6.45, 7) is 9.07. The van der Waals surface area contributed by atoms with E-state index in [4.69, 9.17) is 4.74 Å². The van der Waals surface area contributed by atoms with Gasteiger partial charge in [-0.25, -0.2) is 4.79 Å². The number of ether oxygens (including phenoxy) is 1. The Balaban J connectivity index is 2.70. The first-order valence-corrected chi connectivity index (χ1v) is 5.80. The molecule has 0 heterocycles. The number of rotatable bonds is 1. The van der Waals surface area contributed by atoms with E-state index in [1.165, 1.54) is 0 Å². The summed E-state index contributed by atoms with van der Waals surface area (Å²) in [7, 11) is 0. The van der Waals surface area contributed by atoms with Gasteiger partial charge in [0.05, 0.1) is 0 Å². The van der Waals surface area contributed by atoms with Crippen LogP contribution < -0.4 is 5.32 Å². The largest absolute Gasteiger partial charge is 0.453 e. The molecule has 0 aliphatic carbocycles. The lowest BCUT2D eigenvalue weighted by molar-refractivity contribution is -0.161. The minimum atomic E-state index is -0.874. The highest BCUT2D eigenvalue weighted by Gasteiger charge is 2.22. The Labute approximate surface area is 107 Å². The second-order valence-electron chi connectivity index (χ2n) is 5.26. The van der Waals surface area contributed by atoms with Gasteiger partial charge in [-0.2, -0.15) is 0 Å². The van der Waals surface area contributed by atoms with Gasteiger partial charge < -0.3 is 10.1 Å². The summed E-state index contributed by atoms with van der Waals surface area (Å²) in [5, 5.41) is 2.52. The number of benzene rings is 1. The highest BCUT2D eigenvalue weighted by Crippen LogP contribution is 2.14. The maximum Gasteiger partial charge on any atom is 0.397 e. The summed E-state index contributed by atoms with van der Waals surface area (Å²) in [4.78, 5) is 23.1. The minimum absolute atomic E-state index is 0.592. The van der Waals surface area contributed by atoms with Crippen molar-refractivity contribution in [3.05, 3.63) is 29.3 Å². The third kappa shape index (κ3) is 4.20. The van der Waals surface area contributed by atoms with Gasteiger partial charge in [0.15, 0.2) is 0 Å². The predicted octanol–water partition coefficient (Wildman–Crippen LogP) is 2.58. The van der Waals surface area contributed by atoms with Crippen molar-refractivity contribution < 1.29 is 14.3 Å². The van der Waals surface area contributed by atoms with Crippen LogP contribution in [0.25, 0.3) is 0 Å². The van der Waals surface area contributed by atoms with E-state index in [0.717, 1.165) is 11.1 Å². The zero-order chi connectivity index (χ0) is 13.9. The molecule has 0 atom stereocenters. The second kappa shape index (κ2) is 5.21. The molecule has 0 aromatic heterocycles. The average molecular weight is 249 g/mol. The van der Waals surface area contributed by atoms with Crippen LogP contribution in [0.3, 0.4) is 0 Å². The van der Waals surface area contributed by atoms with Crippen LogP contribution in [0.4, 0.5) is 5.69 Å². The van der Waals surface area contributed by atoms with E-state index in [0.29, 0.717) is 5.69 Å².